The fourth-order valence-electron chi connectivity index (χ4n) is 1.48. The molecule has 8 heteroatoms. The number of nitrogens with one attached hydrogen (secondary N) is 1. The molecule has 1 aromatic heterocycles. The Morgan fingerprint density at radius 2 is 2.15 bits per heavy atom. The van der Waals surface area contributed by atoms with Gasteiger partial charge in [-0.25, -0.2) is 4.79 Å². The molecule has 0 radical (unpaired) electrons. The van der Waals surface area contributed by atoms with Crippen LogP contribution in [-0.4, -0.2) is 43.5 Å². The van der Waals surface area contributed by atoms with Gasteiger partial charge in [0.2, 0.25) is 5.91 Å². The summed E-state index contributed by atoms with van der Waals surface area (Å²) in [6.45, 7) is 0.427. The zero-order valence-electron chi connectivity index (χ0n) is 11.3. The van der Waals surface area contributed by atoms with Gasteiger partial charge in [0.05, 0.1) is 17.7 Å². The summed E-state index contributed by atoms with van der Waals surface area (Å²) in [5.74, 6) is -0.702. The van der Waals surface area contributed by atoms with Gasteiger partial charge in [-0.3, -0.25) is 9.59 Å². The lowest BCUT2D eigenvalue weighted by Crippen LogP contribution is -2.28. The van der Waals surface area contributed by atoms with E-state index in [1.807, 2.05) is 0 Å². The lowest BCUT2D eigenvalue weighted by Gasteiger charge is -2.14. The van der Waals surface area contributed by atoms with Crippen molar-refractivity contribution in [3.63, 3.8) is 0 Å². The van der Waals surface area contributed by atoms with Crippen molar-refractivity contribution in [2.24, 2.45) is 5.73 Å². The Labute approximate surface area is 120 Å². The number of methoxy groups -OCH3 is 1. The zero-order valence-corrected chi connectivity index (χ0v) is 12.2. The first-order valence-electron chi connectivity index (χ1n) is 5.91. The second-order valence-electron chi connectivity index (χ2n) is 4.11. The van der Waals surface area contributed by atoms with Crippen molar-refractivity contribution >= 4 is 34.9 Å². The van der Waals surface area contributed by atoms with Crippen molar-refractivity contribution in [3.8, 4) is 0 Å². The Morgan fingerprint density at radius 1 is 1.45 bits per heavy atom. The quantitative estimate of drug-likeness (QED) is 0.825. The molecule has 3 amide bonds. The van der Waals surface area contributed by atoms with Gasteiger partial charge in [-0.05, 0) is 12.5 Å². The molecule has 0 aromatic carbocycles. The molecule has 0 aliphatic carbocycles. The van der Waals surface area contributed by atoms with Crippen LogP contribution in [0.1, 0.15) is 22.5 Å². The monoisotopic (exact) mass is 299 g/mol. The molecule has 0 atom stereocenters. The minimum absolute atomic E-state index is 0.183. The molecule has 0 aliphatic rings. The van der Waals surface area contributed by atoms with Gasteiger partial charge in [0.1, 0.15) is 0 Å². The van der Waals surface area contributed by atoms with Crippen LogP contribution >= 0.6 is 11.3 Å². The summed E-state index contributed by atoms with van der Waals surface area (Å²) < 4.78 is 4.53. The summed E-state index contributed by atoms with van der Waals surface area (Å²) in [6, 6.07) is 1.53. The highest BCUT2D eigenvalue weighted by Crippen LogP contribution is 2.18. The molecule has 0 bridgehead atoms. The summed E-state index contributed by atoms with van der Waals surface area (Å²) in [5, 5.41) is 4.31. The Bertz CT molecular complexity index is 501. The third-order valence-electron chi connectivity index (χ3n) is 2.51. The number of anilines is 1. The first-order valence-corrected chi connectivity index (χ1v) is 6.79. The van der Waals surface area contributed by atoms with Gasteiger partial charge in [0.15, 0.2) is 0 Å². The van der Waals surface area contributed by atoms with Crippen molar-refractivity contribution in [1.29, 1.82) is 0 Å². The van der Waals surface area contributed by atoms with E-state index < -0.39 is 12.0 Å². The van der Waals surface area contributed by atoms with E-state index in [0.717, 1.165) is 0 Å². The minimum atomic E-state index is -0.518. The second-order valence-corrected chi connectivity index (χ2v) is 5.02. The van der Waals surface area contributed by atoms with Gasteiger partial charge >= 0.3 is 6.09 Å². The summed E-state index contributed by atoms with van der Waals surface area (Å²) in [6.07, 6.45) is 0.349. The van der Waals surface area contributed by atoms with Crippen LogP contribution in [0, 0.1) is 0 Å². The fourth-order valence-corrected chi connectivity index (χ4v) is 2.17. The van der Waals surface area contributed by atoms with Crippen LogP contribution in [0.25, 0.3) is 0 Å². The average molecular weight is 299 g/mol. The molecule has 1 heterocycles. The maximum Gasteiger partial charge on any atom is 0.409 e. The first-order chi connectivity index (χ1) is 9.43. The zero-order chi connectivity index (χ0) is 15.1. The highest BCUT2D eigenvalue weighted by atomic mass is 32.1. The Balaban J connectivity index is 2.33. The van der Waals surface area contributed by atoms with E-state index in [-0.39, 0.29) is 12.3 Å². The molecule has 1 aromatic rings. The fraction of sp³-hybridized carbons (Fsp3) is 0.417. The third kappa shape index (κ3) is 4.88. The van der Waals surface area contributed by atoms with E-state index in [1.165, 1.54) is 29.4 Å². The smallest absolute Gasteiger partial charge is 0.409 e. The lowest BCUT2D eigenvalue weighted by atomic mass is 10.3. The largest absolute Gasteiger partial charge is 0.453 e. The van der Waals surface area contributed by atoms with Crippen LogP contribution in [0.3, 0.4) is 0 Å². The van der Waals surface area contributed by atoms with Gasteiger partial charge in [0, 0.05) is 25.4 Å². The van der Waals surface area contributed by atoms with Crippen LogP contribution in [0.4, 0.5) is 10.5 Å². The normalized spacial score (nSPS) is 9.90. The van der Waals surface area contributed by atoms with E-state index in [1.54, 1.807) is 12.4 Å². The van der Waals surface area contributed by atoms with Gasteiger partial charge < -0.3 is 20.7 Å². The molecule has 0 saturated carbocycles. The van der Waals surface area contributed by atoms with Crippen LogP contribution in [-0.2, 0) is 9.53 Å². The lowest BCUT2D eigenvalue weighted by molar-refractivity contribution is -0.116. The second kappa shape index (κ2) is 7.49. The van der Waals surface area contributed by atoms with Gasteiger partial charge in [-0.15, -0.1) is 11.3 Å². The Morgan fingerprint density at radius 3 is 2.70 bits per heavy atom. The number of nitrogens with zero attached hydrogens (tertiary/aromatic N) is 1. The van der Waals surface area contributed by atoms with Crippen molar-refractivity contribution in [1.82, 2.24) is 4.90 Å². The number of hydrogen-bond acceptors (Lipinski definition) is 5. The van der Waals surface area contributed by atoms with Gasteiger partial charge in [-0.2, -0.15) is 0 Å². The number of ether oxygens (including phenoxy) is 1. The van der Waals surface area contributed by atoms with Crippen LogP contribution < -0.4 is 11.1 Å². The van der Waals surface area contributed by atoms with Crippen molar-refractivity contribution < 1.29 is 19.1 Å². The number of carbonyl (C=O) groups is 3. The number of amides is 3. The Hall–Kier alpha value is -2.09. The molecule has 7 nitrogen and oxygen atoms in total. The van der Waals surface area contributed by atoms with E-state index >= 15 is 0 Å². The number of nitrogens with two attached hydrogens (primary N) is 1. The van der Waals surface area contributed by atoms with E-state index in [0.29, 0.717) is 23.5 Å². The number of primary amides is 1. The average Bonchev–Trinajstić information content (AvgIpc) is 2.86. The summed E-state index contributed by atoms with van der Waals surface area (Å²) in [4.78, 5) is 35.5. The number of carbonyl (C=O) groups excluding carboxylic acids is 3. The number of hydrogen-bond donors (Lipinski definition) is 2. The molecule has 0 spiro atoms. The SMILES string of the molecule is COC(=O)N(C)CCCC(=O)Nc1csc(C(N)=O)c1. The molecular formula is C12H17N3O4S. The topological polar surface area (TPSA) is 102 Å². The standard InChI is InChI=1S/C12H17N3O4S/c1-15(12(18)19-2)5-3-4-10(16)14-8-6-9(11(13)17)20-7-8/h6-7H,3-5H2,1-2H3,(H2,13,17)(H,14,16). The molecule has 1 rings (SSSR count). The predicted octanol–water partition coefficient (Wildman–Crippen LogP) is 1.26. The predicted molar refractivity (Wildman–Crippen MR) is 75.7 cm³/mol. The third-order valence-corrected chi connectivity index (χ3v) is 3.45. The number of rotatable bonds is 6. The van der Waals surface area contributed by atoms with Crippen molar-refractivity contribution in [3.05, 3.63) is 16.3 Å². The van der Waals surface area contributed by atoms with Gasteiger partial charge in [0.25, 0.3) is 5.91 Å². The minimum Gasteiger partial charge on any atom is -0.453 e. The molecule has 0 aliphatic heterocycles. The van der Waals surface area contributed by atoms with Crippen molar-refractivity contribution in [2.75, 3.05) is 26.0 Å². The van der Waals surface area contributed by atoms with E-state index in [2.05, 4.69) is 10.1 Å². The highest BCUT2D eigenvalue weighted by molar-refractivity contribution is 7.12. The molecule has 3 N–H and O–H groups in total. The molecule has 20 heavy (non-hydrogen) atoms. The summed E-state index contributed by atoms with van der Waals surface area (Å²) >= 11 is 1.18. The summed E-state index contributed by atoms with van der Waals surface area (Å²) in [7, 11) is 2.90. The van der Waals surface area contributed by atoms with Crippen LogP contribution in [0.2, 0.25) is 0 Å². The Kier molecular flexibility index (Phi) is 5.98. The van der Waals surface area contributed by atoms with E-state index in [4.69, 9.17) is 5.73 Å². The maximum absolute atomic E-state index is 11.7. The van der Waals surface area contributed by atoms with Crippen LogP contribution in [0.5, 0.6) is 0 Å². The molecule has 110 valence electrons. The van der Waals surface area contributed by atoms with Crippen LogP contribution in [0.15, 0.2) is 11.4 Å². The first kappa shape index (κ1) is 16.0. The van der Waals surface area contributed by atoms with E-state index in [9.17, 15) is 14.4 Å². The number of thiophene rings is 1. The highest BCUT2D eigenvalue weighted by Gasteiger charge is 2.10. The maximum atomic E-state index is 11.7. The summed E-state index contributed by atoms with van der Waals surface area (Å²) in [5.41, 5.74) is 5.67. The van der Waals surface area contributed by atoms with Crippen molar-refractivity contribution in [2.45, 2.75) is 12.8 Å². The molecular weight excluding hydrogens is 282 g/mol. The van der Waals surface area contributed by atoms with Gasteiger partial charge in [-0.1, -0.05) is 0 Å². The molecule has 0 saturated heterocycles. The molecule has 0 unspecified atom stereocenters. The molecule has 0 fully saturated rings.